The Morgan fingerprint density at radius 2 is 2.06 bits per heavy atom. The fraction of sp³-hybridized carbons (Fsp3) is 0.250. The first-order valence-electron chi connectivity index (χ1n) is 4.38. The van der Waals surface area contributed by atoms with Crippen LogP contribution in [0.25, 0.3) is 0 Å². The zero-order valence-electron chi connectivity index (χ0n) is 9.25. The van der Waals surface area contributed by atoms with Crippen LogP contribution in [-0.4, -0.2) is 32.0 Å². The van der Waals surface area contributed by atoms with Crippen LogP contribution in [0, 0.1) is 15.9 Å². The van der Waals surface area contributed by atoms with E-state index in [-0.39, 0.29) is 4.47 Å². The number of benzene rings is 1. The number of hydroxylamine groups is 1. The Balaban J connectivity index is 3.55. The molecular formula is C8H8BrFN2O5S. The van der Waals surface area contributed by atoms with Crippen LogP contribution in [0.1, 0.15) is 0 Å². The second-order valence-corrected chi connectivity index (χ2v) is 5.85. The summed E-state index contributed by atoms with van der Waals surface area (Å²) >= 11 is 2.73. The zero-order valence-corrected chi connectivity index (χ0v) is 11.7. The molecule has 1 aromatic rings. The number of rotatable bonds is 4. The first-order chi connectivity index (χ1) is 8.21. The van der Waals surface area contributed by atoms with Crippen LogP contribution in [0.5, 0.6) is 0 Å². The normalized spacial score (nSPS) is 11.8. The van der Waals surface area contributed by atoms with Gasteiger partial charge < -0.3 is 0 Å². The molecule has 0 aliphatic rings. The van der Waals surface area contributed by atoms with Crippen molar-refractivity contribution in [2.45, 2.75) is 4.90 Å². The average molecular weight is 343 g/mol. The van der Waals surface area contributed by atoms with Crippen molar-refractivity contribution in [3.63, 3.8) is 0 Å². The van der Waals surface area contributed by atoms with Crippen molar-refractivity contribution >= 4 is 31.6 Å². The van der Waals surface area contributed by atoms with E-state index in [1.165, 1.54) is 0 Å². The lowest BCUT2D eigenvalue weighted by Crippen LogP contribution is -2.26. The Morgan fingerprint density at radius 1 is 1.50 bits per heavy atom. The summed E-state index contributed by atoms with van der Waals surface area (Å²) in [6, 6.07) is 1.51. The van der Waals surface area contributed by atoms with Gasteiger partial charge in [-0.3, -0.25) is 15.0 Å². The molecule has 0 N–H and O–H groups in total. The zero-order chi connectivity index (χ0) is 14.1. The molecule has 0 aliphatic carbocycles. The number of nitro groups is 1. The summed E-state index contributed by atoms with van der Waals surface area (Å²) in [6.07, 6.45) is 0. The second-order valence-electron chi connectivity index (χ2n) is 3.09. The van der Waals surface area contributed by atoms with Gasteiger partial charge >= 0.3 is 0 Å². The van der Waals surface area contributed by atoms with Crippen LogP contribution in [0.2, 0.25) is 0 Å². The fourth-order valence-corrected chi connectivity index (χ4v) is 2.74. The van der Waals surface area contributed by atoms with E-state index in [9.17, 15) is 22.9 Å². The summed E-state index contributed by atoms with van der Waals surface area (Å²) in [6.45, 7) is 0. The van der Waals surface area contributed by atoms with Crippen LogP contribution < -0.4 is 0 Å². The topological polar surface area (TPSA) is 89.8 Å². The fourth-order valence-electron chi connectivity index (χ4n) is 1.08. The lowest BCUT2D eigenvalue weighted by Gasteiger charge is -2.14. The molecule has 0 fully saturated rings. The summed E-state index contributed by atoms with van der Waals surface area (Å²) < 4.78 is 37.4. The van der Waals surface area contributed by atoms with E-state index in [2.05, 4.69) is 20.8 Å². The molecule has 1 rings (SSSR count). The Hall–Kier alpha value is -1.10. The average Bonchev–Trinajstić information content (AvgIpc) is 2.30. The highest BCUT2D eigenvalue weighted by Gasteiger charge is 2.29. The second kappa shape index (κ2) is 5.26. The monoisotopic (exact) mass is 342 g/mol. The van der Waals surface area contributed by atoms with Crippen LogP contribution in [0.4, 0.5) is 10.1 Å². The first-order valence-corrected chi connectivity index (χ1v) is 6.61. The molecule has 7 nitrogen and oxygen atoms in total. The van der Waals surface area contributed by atoms with Crippen molar-refractivity contribution in [2.75, 3.05) is 14.2 Å². The van der Waals surface area contributed by atoms with Gasteiger partial charge in [-0.2, -0.15) is 0 Å². The number of hydrogen-bond donors (Lipinski definition) is 0. The van der Waals surface area contributed by atoms with Crippen molar-refractivity contribution in [3.8, 4) is 0 Å². The van der Waals surface area contributed by atoms with E-state index in [0.717, 1.165) is 20.2 Å². The number of non-ortho nitro benzene ring substituents is 1. The van der Waals surface area contributed by atoms with E-state index in [1.54, 1.807) is 0 Å². The number of halogens is 2. The van der Waals surface area contributed by atoms with E-state index in [0.29, 0.717) is 10.5 Å². The van der Waals surface area contributed by atoms with Crippen LogP contribution in [0.15, 0.2) is 21.5 Å². The molecule has 0 radical (unpaired) electrons. The van der Waals surface area contributed by atoms with E-state index in [4.69, 9.17) is 0 Å². The van der Waals surface area contributed by atoms with Gasteiger partial charge in [0.1, 0.15) is 4.90 Å². The van der Waals surface area contributed by atoms with Crippen LogP contribution >= 0.6 is 15.9 Å². The van der Waals surface area contributed by atoms with Crippen molar-refractivity contribution in [1.29, 1.82) is 0 Å². The Morgan fingerprint density at radius 3 is 2.50 bits per heavy atom. The predicted molar refractivity (Wildman–Crippen MR) is 62.7 cm³/mol. The Bertz CT molecular complexity index is 591. The molecule has 100 valence electrons. The number of nitrogens with zero attached hydrogens (tertiary/aromatic N) is 2. The maximum absolute atomic E-state index is 13.7. The Kier molecular flexibility index (Phi) is 4.37. The van der Waals surface area contributed by atoms with Gasteiger partial charge in [0.05, 0.1) is 16.5 Å². The minimum atomic E-state index is -4.30. The van der Waals surface area contributed by atoms with Gasteiger partial charge in [-0.15, -0.1) is 0 Å². The minimum Gasteiger partial charge on any atom is -0.288 e. The molecule has 0 heterocycles. The Labute approximate surface area is 110 Å². The van der Waals surface area contributed by atoms with E-state index in [1.807, 2.05) is 0 Å². The summed E-state index contributed by atoms with van der Waals surface area (Å²) in [4.78, 5) is 13.4. The van der Waals surface area contributed by atoms with Gasteiger partial charge in [0, 0.05) is 19.2 Å². The number of nitro benzene ring substituents is 1. The van der Waals surface area contributed by atoms with Crippen molar-refractivity contribution < 1.29 is 22.6 Å². The maximum atomic E-state index is 13.7. The van der Waals surface area contributed by atoms with Crippen molar-refractivity contribution in [3.05, 3.63) is 32.5 Å². The molecule has 0 saturated heterocycles. The third kappa shape index (κ3) is 2.66. The SMILES string of the molecule is CON(C)S(=O)(=O)c1cc([N+](=O)[O-])cc(Br)c1F. The van der Waals surface area contributed by atoms with Gasteiger partial charge in [0.25, 0.3) is 15.7 Å². The standard InChI is InChI=1S/C8H8BrFN2O5S/c1-11(17-2)18(15,16)7-4-5(12(13)14)3-6(9)8(7)10/h3-4H,1-2H3. The summed E-state index contributed by atoms with van der Waals surface area (Å²) in [5, 5.41) is 10.6. The summed E-state index contributed by atoms with van der Waals surface area (Å²) in [5.41, 5.74) is -0.550. The summed E-state index contributed by atoms with van der Waals surface area (Å²) in [7, 11) is -2.18. The third-order valence-corrected chi connectivity index (χ3v) is 4.32. The highest BCUT2D eigenvalue weighted by atomic mass is 79.9. The molecular weight excluding hydrogens is 335 g/mol. The van der Waals surface area contributed by atoms with Gasteiger partial charge in [-0.1, -0.05) is 4.47 Å². The van der Waals surface area contributed by atoms with E-state index >= 15 is 0 Å². The molecule has 10 heteroatoms. The molecule has 18 heavy (non-hydrogen) atoms. The highest BCUT2D eigenvalue weighted by Crippen LogP contribution is 2.29. The number of hydrogen-bond acceptors (Lipinski definition) is 5. The predicted octanol–water partition coefficient (Wildman–Crippen LogP) is 1.68. The minimum absolute atomic E-state index is 0.320. The largest absolute Gasteiger partial charge is 0.288 e. The van der Waals surface area contributed by atoms with Gasteiger partial charge in [-0.05, 0) is 15.9 Å². The molecule has 1 aromatic carbocycles. The van der Waals surface area contributed by atoms with Crippen LogP contribution in [-0.2, 0) is 14.9 Å². The van der Waals surface area contributed by atoms with Gasteiger partial charge in [0.2, 0.25) is 0 Å². The molecule has 0 unspecified atom stereocenters. The van der Waals surface area contributed by atoms with Crippen molar-refractivity contribution in [2.24, 2.45) is 0 Å². The highest BCUT2D eigenvalue weighted by molar-refractivity contribution is 9.10. The number of sulfonamides is 1. The first kappa shape index (κ1) is 15.0. The molecule has 0 spiro atoms. The molecule has 0 amide bonds. The van der Waals surface area contributed by atoms with Crippen molar-refractivity contribution in [1.82, 2.24) is 4.47 Å². The molecule has 0 bridgehead atoms. The molecule has 0 aliphatic heterocycles. The van der Waals surface area contributed by atoms with Crippen LogP contribution in [0.3, 0.4) is 0 Å². The molecule has 0 saturated carbocycles. The summed E-state index contributed by atoms with van der Waals surface area (Å²) in [5.74, 6) is -1.12. The molecule has 0 atom stereocenters. The smallest absolute Gasteiger partial charge is 0.272 e. The quantitative estimate of drug-likeness (QED) is 0.613. The lowest BCUT2D eigenvalue weighted by atomic mass is 10.3. The van der Waals surface area contributed by atoms with Gasteiger partial charge in [-0.25, -0.2) is 12.8 Å². The van der Waals surface area contributed by atoms with Gasteiger partial charge in [0.15, 0.2) is 5.82 Å². The lowest BCUT2D eigenvalue weighted by molar-refractivity contribution is -0.385. The maximum Gasteiger partial charge on any atom is 0.272 e. The molecule has 0 aromatic heterocycles. The third-order valence-electron chi connectivity index (χ3n) is 2.06. The van der Waals surface area contributed by atoms with E-state index < -0.39 is 31.3 Å².